The van der Waals surface area contributed by atoms with Gasteiger partial charge in [0.25, 0.3) is 0 Å². The predicted octanol–water partition coefficient (Wildman–Crippen LogP) is 9.49. The number of benzene rings is 6. The van der Waals surface area contributed by atoms with E-state index in [-0.39, 0.29) is 0 Å². The van der Waals surface area contributed by atoms with Gasteiger partial charge in [-0.25, -0.2) is 0 Å². The van der Waals surface area contributed by atoms with Crippen molar-refractivity contribution in [3.8, 4) is 23.7 Å². The Hall–Kier alpha value is -5.82. The fraction of sp³-hybridized carbons (Fsp3) is 0. The molecule has 0 spiro atoms. The van der Waals surface area contributed by atoms with E-state index in [2.05, 4.69) is 133 Å². The van der Waals surface area contributed by atoms with Gasteiger partial charge in [0.2, 0.25) is 0 Å². The highest BCUT2D eigenvalue weighted by atomic mass is 14.2. The fourth-order valence-corrected chi connectivity index (χ4v) is 4.89. The van der Waals surface area contributed by atoms with Gasteiger partial charge in [-0.2, -0.15) is 0 Å². The molecule has 0 aliphatic rings. The first-order valence-electron chi connectivity index (χ1n) is 14.0. The van der Waals surface area contributed by atoms with Crippen LogP contribution in [0, 0.1) is 23.7 Å². The molecule has 0 aliphatic heterocycles. The molecule has 0 bridgehead atoms. The minimum atomic E-state index is 0.984. The van der Waals surface area contributed by atoms with Crippen molar-refractivity contribution < 1.29 is 0 Å². The van der Waals surface area contributed by atoms with Gasteiger partial charge in [0, 0.05) is 22.3 Å². The molecule has 0 heteroatoms. The molecule has 6 aromatic rings. The van der Waals surface area contributed by atoms with E-state index in [1.54, 1.807) is 0 Å². The van der Waals surface area contributed by atoms with Gasteiger partial charge in [-0.15, -0.1) is 0 Å². The third-order valence-electron chi connectivity index (χ3n) is 6.97. The molecule has 0 aliphatic carbocycles. The van der Waals surface area contributed by atoms with E-state index in [1.165, 1.54) is 11.1 Å². The van der Waals surface area contributed by atoms with Crippen LogP contribution in [-0.4, -0.2) is 0 Å². The summed E-state index contributed by atoms with van der Waals surface area (Å²) in [5.41, 5.74) is 10.9. The molecule has 42 heavy (non-hydrogen) atoms. The Kier molecular flexibility index (Phi) is 8.19. The van der Waals surface area contributed by atoms with Crippen LogP contribution < -0.4 is 0 Å². The third kappa shape index (κ3) is 6.48. The summed E-state index contributed by atoms with van der Waals surface area (Å²) in [7, 11) is 0. The maximum Gasteiger partial charge on any atom is 0.0249 e. The van der Waals surface area contributed by atoms with Crippen molar-refractivity contribution >= 4 is 11.1 Å². The molecule has 0 fully saturated rings. The van der Waals surface area contributed by atoms with Crippen LogP contribution in [0.15, 0.2) is 170 Å². The van der Waals surface area contributed by atoms with Gasteiger partial charge in [0.1, 0.15) is 0 Å². The first-order valence-corrected chi connectivity index (χ1v) is 14.0. The van der Waals surface area contributed by atoms with Crippen LogP contribution in [0.2, 0.25) is 0 Å². The van der Waals surface area contributed by atoms with E-state index < -0.39 is 0 Å². The number of hydrogen-bond acceptors (Lipinski definition) is 0. The zero-order valence-electron chi connectivity index (χ0n) is 23.2. The Morgan fingerprint density at radius 1 is 0.238 bits per heavy atom. The lowest BCUT2D eigenvalue weighted by molar-refractivity contribution is 1.49. The monoisotopic (exact) mass is 532 g/mol. The Bertz CT molecular complexity index is 1760. The van der Waals surface area contributed by atoms with E-state index in [0.29, 0.717) is 0 Å². The molecule has 0 nitrogen and oxygen atoms in total. The second-order valence-electron chi connectivity index (χ2n) is 9.87. The normalized spacial score (nSPS) is 10.9. The lowest BCUT2D eigenvalue weighted by Crippen LogP contribution is -1.98. The van der Waals surface area contributed by atoms with Gasteiger partial charge in [-0.3, -0.25) is 0 Å². The largest absolute Gasteiger partial charge is 0.0622 e. The zero-order valence-corrected chi connectivity index (χ0v) is 23.2. The van der Waals surface area contributed by atoms with Gasteiger partial charge >= 0.3 is 0 Å². The van der Waals surface area contributed by atoms with Crippen molar-refractivity contribution in [2.75, 3.05) is 0 Å². The minimum Gasteiger partial charge on any atom is -0.0622 e. The van der Waals surface area contributed by atoms with Crippen LogP contribution >= 0.6 is 0 Å². The highest BCUT2D eigenvalue weighted by molar-refractivity contribution is 6.04. The molecule has 6 rings (SSSR count). The van der Waals surface area contributed by atoms with Crippen LogP contribution in [0.5, 0.6) is 0 Å². The maximum absolute atomic E-state index is 3.31. The Morgan fingerprint density at radius 3 is 0.786 bits per heavy atom. The van der Waals surface area contributed by atoms with Gasteiger partial charge in [-0.1, -0.05) is 145 Å². The summed E-state index contributed by atoms with van der Waals surface area (Å²) in [4.78, 5) is 0. The molecule has 0 unspecified atom stereocenters. The van der Waals surface area contributed by atoms with Gasteiger partial charge in [0.15, 0.2) is 0 Å². The van der Waals surface area contributed by atoms with E-state index in [9.17, 15) is 0 Å². The molecule has 0 saturated carbocycles. The molecule has 0 aromatic heterocycles. The molecule has 0 radical (unpaired) electrons. The molecule has 0 atom stereocenters. The average Bonchev–Trinajstić information content (AvgIpc) is 3.08. The van der Waals surface area contributed by atoms with E-state index >= 15 is 0 Å². The second kappa shape index (κ2) is 13.0. The molecular weight excluding hydrogens is 504 g/mol. The van der Waals surface area contributed by atoms with Crippen LogP contribution in [0.1, 0.15) is 44.5 Å². The summed E-state index contributed by atoms with van der Waals surface area (Å²) in [5.74, 6) is 13.2. The topological polar surface area (TPSA) is 0 Å². The lowest BCUT2D eigenvalue weighted by Gasteiger charge is -2.18. The van der Waals surface area contributed by atoms with E-state index in [0.717, 1.165) is 44.5 Å². The second-order valence-corrected chi connectivity index (χ2v) is 9.87. The summed E-state index contributed by atoms with van der Waals surface area (Å²) in [6.45, 7) is 0. The molecular formula is C42H28. The first-order chi connectivity index (χ1) is 20.8. The SMILES string of the molecule is C(#Cc1ccc(C(=C(c2ccccc2)c2ccc(C#Cc3ccccc3)cc2)c2ccccc2)cc1)c1ccccc1. The van der Waals surface area contributed by atoms with Crippen molar-refractivity contribution in [3.63, 3.8) is 0 Å². The Morgan fingerprint density at radius 2 is 0.476 bits per heavy atom. The highest BCUT2D eigenvalue weighted by Crippen LogP contribution is 2.37. The average molecular weight is 533 g/mol. The Labute approximate surface area is 248 Å². The molecule has 196 valence electrons. The summed E-state index contributed by atoms with van der Waals surface area (Å²) in [5, 5.41) is 0. The van der Waals surface area contributed by atoms with Crippen molar-refractivity contribution in [2.24, 2.45) is 0 Å². The van der Waals surface area contributed by atoms with Crippen molar-refractivity contribution in [3.05, 3.63) is 214 Å². The highest BCUT2D eigenvalue weighted by Gasteiger charge is 2.16. The maximum atomic E-state index is 3.31. The van der Waals surface area contributed by atoms with Gasteiger partial charge in [-0.05, 0) is 81.9 Å². The van der Waals surface area contributed by atoms with Gasteiger partial charge < -0.3 is 0 Å². The summed E-state index contributed by atoms with van der Waals surface area (Å²) in [6.07, 6.45) is 0. The van der Waals surface area contributed by atoms with Gasteiger partial charge in [0.05, 0.1) is 0 Å². The standard InChI is InChI=1S/C42H28/c1-5-13-33(14-6-1)21-23-35-25-29-39(30-26-35)41(37-17-9-3-10-18-37)42(38-19-11-4-12-20-38)40-31-27-36(28-32-40)24-22-34-15-7-2-8-16-34/h1-20,25-32H. The van der Waals surface area contributed by atoms with Crippen LogP contribution in [0.4, 0.5) is 0 Å². The van der Waals surface area contributed by atoms with Crippen LogP contribution in [-0.2, 0) is 0 Å². The van der Waals surface area contributed by atoms with Crippen molar-refractivity contribution in [1.29, 1.82) is 0 Å². The summed E-state index contributed by atoms with van der Waals surface area (Å²) >= 11 is 0. The van der Waals surface area contributed by atoms with Crippen molar-refractivity contribution in [1.82, 2.24) is 0 Å². The molecule has 0 amide bonds. The molecule has 0 saturated heterocycles. The predicted molar refractivity (Wildman–Crippen MR) is 176 cm³/mol. The number of hydrogen-bond donors (Lipinski definition) is 0. The molecule has 0 heterocycles. The third-order valence-corrected chi connectivity index (χ3v) is 6.97. The van der Waals surface area contributed by atoms with Crippen molar-refractivity contribution in [2.45, 2.75) is 0 Å². The summed E-state index contributed by atoms with van der Waals surface area (Å²) in [6, 6.07) is 58.6. The number of rotatable bonds is 4. The van der Waals surface area contributed by atoms with Crippen LogP contribution in [0.25, 0.3) is 11.1 Å². The lowest BCUT2D eigenvalue weighted by atomic mass is 9.85. The summed E-state index contributed by atoms with van der Waals surface area (Å²) < 4.78 is 0. The quantitative estimate of drug-likeness (QED) is 0.157. The molecule has 6 aromatic carbocycles. The smallest absolute Gasteiger partial charge is 0.0249 e. The zero-order chi connectivity index (χ0) is 28.4. The van der Waals surface area contributed by atoms with E-state index in [4.69, 9.17) is 0 Å². The first kappa shape index (κ1) is 26.4. The Balaban J connectivity index is 1.46. The van der Waals surface area contributed by atoms with E-state index in [1.807, 2.05) is 60.7 Å². The van der Waals surface area contributed by atoms with Crippen LogP contribution in [0.3, 0.4) is 0 Å². The minimum absolute atomic E-state index is 0.984. The molecule has 0 N–H and O–H groups in total. The fourth-order valence-electron chi connectivity index (χ4n) is 4.89.